The second kappa shape index (κ2) is 18.2. The molecule has 2 amide bonds. The lowest BCUT2D eigenvalue weighted by atomic mass is 9.82. The molecule has 2 N–H and O–H groups in total. The van der Waals surface area contributed by atoms with Gasteiger partial charge in [0, 0.05) is 95.3 Å². The zero-order valence-electron chi connectivity index (χ0n) is 35.9. The van der Waals surface area contributed by atoms with Crippen LogP contribution in [0, 0.1) is 0 Å². The van der Waals surface area contributed by atoms with Crippen molar-refractivity contribution in [3.05, 3.63) is 83.3 Å². The van der Waals surface area contributed by atoms with Gasteiger partial charge in [-0.2, -0.15) is 0 Å². The first-order valence-corrected chi connectivity index (χ1v) is 20.7. The molecule has 0 spiro atoms. The van der Waals surface area contributed by atoms with Crippen molar-refractivity contribution >= 4 is 59.6 Å². The number of hydrogen-bond acceptors (Lipinski definition) is 14. The summed E-state index contributed by atoms with van der Waals surface area (Å²) in [5, 5.41) is 20.5. The summed E-state index contributed by atoms with van der Waals surface area (Å²) >= 11 is 0. The molecule has 316 valence electrons. The zero-order valence-corrected chi connectivity index (χ0v) is 35.9. The molecule has 16 nitrogen and oxygen atoms in total. The molecule has 4 aliphatic rings. The fourth-order valence-electron chi connectivity index (χ4n) is 8.28. The van der Waals surface area contributed by atoms with E-state index in [1.807, 2.05) is 40.1 Å². The van der Waals surface area contributed by atoms with E-state index in [-0.39, 0.29) is 36.1 Å². The van der Waals surface area contributed by atoms with E-state index in [2.05, 4.69) is 39.7 Å². The lowest BCUT2D eigenvalue weighted by molar-refractivity contribution is 0.0528. The van der Waals surface area contributed by atoms with Crippen molar-refractivity contribution in [2.75, 3.05) is 83.9 Å². The van der Waals surface area contributed by atoms with Crippen LogP contribution in [0.3, 0.4) is 0 Å². The molecule has 4 aromatic rings. The maximum absolute atomic E-state index is 12.7. The fraction of sp³-hybridized carbons (Fsp3) is 0.476. The van der Waals surface area contributed by atoms with Gasteiger partial charge in [-0.3, -0.25) is 19.6 Å². The van der Waals surface area contributed by atoms with Gasteiger partial charge in [-0.15, -0.1) is 0 Å². The van der Waals surface area contributed by atoms with Gasteiger partial charge in [0.2, 0.25) is 0 Å². The average molecular weight is 819 g/mol. The first-order valence-electron chi connectivity index (χ1n) is 20.7. The van der Waals surface area contributed by atoms with E-state index in [0.29, 0.717) is 41.9 Å². The Bertz CT molecular complexity index is 2280. The van der Waals surface area contributed by atoms with Crippen molar-refractivity contribution in [1.82, 2.24) is 39.4 Å². The third kappa shape index (κ3) is 9.12. The molecule has 8 rings (SSSR count). The van der Waals surface area contributed by atoms with Gasteiger partial charge in [-0.05, 0) is 64.4 Å². The van der Waals surface area contributed by atoms with Gasteiger partial charge in [0.25, 0.3) is 11.8 Å². The molecule has 2 fully saturated rings. The molecule has 18 heteroatoms. The number of carbonyl (C=O) groups excluding carboxylic acids is 2. The molecular weight excluding hydrogens is 762 g/mol. The minimum absolute atomic E-state index is 0.0828. The second-order valence-corrected chi connectivity index (χ2v) is 16.4. The first kappa shape index (κ1) is 43.0. The highest BCUT2D eigenvalue weighted by Crippen LogP contribution is 2.37. The highest BCUT2D eigenvalue weighted by molar-refractivity contribution is 6.46. The van der Waals surface area contributed by atoms with Gasteiger partial charge < -0.3 is 48.7 Å². The maximum atomic E-state index is 12.7. The Kier molecular flexibility index (Phi) is 13.1. The van der Waals surface area contributed by atoms with Crippen molar-refractivity contribution in [3.8, 4) is 0 Å². The number of anilines is 2. The summed E-state index contributed by atoms with van der Waals surface area (Å²) < 4.78 is 11.3. The van der Waals surface area contributed by atoms with Crippen LogP contribution in [-0.4, -0.2) is 162 Å². The summed E-state index contributed by atoms with van der Waals surface area (Å²) in [5.74, 6) is 1.44. The number of morpholine rings is 2. The molecule has 4 unspecified atom stereocenters. The normalized spacial score (nSPS) is 21.7. The number of amides is 2. The van der Waals surface area contributed by atoms with Crippen molar-refractivity contribution in [1.29, 1.82) is 0 Å². The summed E-state index contributed by atoms with van der Waals surface area (Å²) in [6.07, 6.45) is 12.6. The van der Waals surface area contributed by atoms with Gasteiger partial charge in [-0.25, -0.2) is 9.97 Å². The smallest absolute Gasteiger partial charge is 0.409 e. The Labute approximate surface area is 352 Å². The molecule has 0 bridgehead atoms. The Morgan fingerprint density at radius 1 is 0.750 bits per heavy atom. The van der Waals surface area contributed by atoms with Crippen LogP contribution < -0.4 is 9.80 Å². The highest BCUT2D eigenvalue weighted by Gasteiger charge is 2.32. The van der Waals surface area contributed by atoms with Gasteiger partial charge in [0.05, 0.1) is 59.9 Å². The van der Waals surface area contributed by atoms with Crippen LogP contribution >= 0.6 is 0 Å². The van der Waals surface area contributed by atoms with E-state index in [0.717, 1.165) is 66.4 Å². The second-order valence-electron chi connectivity index (χ2n) is 16.4. The predicted molar refractivity (Wildman–Crippen MR) is 235 cm³/mol. The molecule has 6 heterocycles. The Morgan fingerprint density at radius 2 is 1.27 bits per heavy atom. The topological polar surface area (TPSA) is 164 Å². The number of ether oxygens (including phenoxy) is 2. The van der Waals surface area contributed by atoms with Gasteiger partial charge in [0.1, 0.15) is 11.6 Å². The van der Waals surface area contributed by atoms with E-state index < -0.39 is 14.1 Å². The Hall–Kier alpha value is -5.13. The van der Waals surface area contributed by atoms with Crippen molar-refractivity contribution in [2.24, 2.45) is 0 Å². The standard InChI is InChI=1S/2C21H28BN5O3/c2*1-14-13-26(8-9-30-14)19-12-23-17-11-15(21(28)25(3)4)10-16(20(17)24-19)18-6-5-7-27(18)22(2)29/h5,7,10-12,14,18,29H,6,8-9,13H2,1-4H3;5-6,10-12,14,18,29H,7-9,13H2,1-4H3. The quantitative estimate of drug-likeness (QED) is 0.196. The molecule has 60 heavy (non-hydrogen) atoms. The Balaban J connectivity index is 0.000000181. The van der Waals surface area contributed by atoms with Crippen LogP contribution in [0.5, 0.6) is 0 Å². The predicted octanol–water partition coefficient (Wildman–Crippen LogP) is 3.51. The molecule has 4 atom stereocenters. The van der Waals surface area contributed by atoms with E-state index in [4.69, 9.17) is 19.4 Å². The van der Waals surface area contributed by atoms with E-state index in [9.17, 15) is 19.6 Å². The summed E-state index contributed by atoms with van der Waals surface area (Å²) in [6.45, 7) is 12.6. The average Bonchev–Trinajstić information content (AvgIpc) is 3.94. The third-order valence-electron chi connectivity index (χ3n) is 11.3. The van der Waals surface area contributed by atoms with Crippen molar-refractivity contribution in [3.63, 3.8) is 0 Å². The summed E-state index contributed by atoms with van der Waals surface area (Å²) in [7, 11) is 5.67. The summed E-state index contributed by atoms with van der Waals surface area (Å²) in [4.78, 5) is 56.0. The van der Waals surface area contributed by atoms with Crippen LogP contribution in [0.25, 0.3) is 22.1 Å². The maximum Gasteiger partial charge on any atom is 0.409 e. The number of rotatable bonds is 8. The monoisotopic (exact) mass is 818 g/mol. The number of fused-ring (bicyclic) bond motifs is 2. The first-order chi connectivity index (χ1) is 28.7. The molecule has 2 aromatic carbocycles. The molecule has 2 saturated heterocycles. The molecular formula is C42H56B2N10O6. The number of benzene rings is 2. The molecule has 0 aliphatic carbocycles. The SMILES string of the molecule is CB(O)N1C=CCC1c1cc(C(=O)N(C)C)cc2ncc(N3CCOC(C)C3)nc12.CB(O)N1CC=CC1c1cc(C(=O)N(C)C)cc2ncc(N3CCOC(C)C3)nc12. The van der Waals surface area contributed by atoms with Crippen LogP contribution in [-0.2, 0) is 9.47 Å². The minimum Gasteiger partial charge on any atom is -0.437 e. The fourth-order valence-corrected chi connectivity index (χ4v) is 8.28. The Morgan fingerprint density at radius 3 is 1.75 bits per heavy atom. The summed E-state index contributed by atoms with van der Waals surface area (Å²) in [5.41, 5.74) is 5.79. The van der Waals surface area contributed by atoms with Crippen molar-refractivity contribution < 1.29 is 29.1 Å². The molecule has 0 radical (unpaired) electrons. The molecule has 4 aliphatic heterocycles. The number of carbonyl (C=O) groups is 2. The zero-order chi connectivity index (χ0) is 42.8. The van der Waals surface area contributed by atoms with E-state index in [1.165, 1.54) is 0 Å². The van der Waals surface area contributed by atoms with Crippen molar-refractivity contribution in [2.45, 2.75) is 58.2 Å². The van der Waals surface area contributed by atoms with E-state index in [1.54, 1.807) is 76.2 Å². The number of hydrogen-bond donors (Lipinski definition) is 2. The number of aromatic nitrogens is 4. The van der Waals surface area contributed by atoms with Gasteiger partial charge in [-0.1, -0.05) is 18.2 Å². The largest absolute Gasteiger partial charge is 0.437 e. The van der Waals surface area contributed by atoms with Gasteiger partial charge >= 0.3 is 14.1 Å². The van der Waals surface area contributed by atoms with Crippen LogP contribution in [0.4, 0.5) is 11.6 Å². The minimum atomic E-state index is -0.645. The summed E-state index contributed by atoms with van der Waals surface area (Å²) in [6, 6.07) is 7.12. The lowest BCUT2D eigenvalue weighted by Crippen LogP contribution is -2.41. The number of nitrogens with zero attached hydrogens (tertiary/aromatic N) is 10. The van der Waals surface area contributed by atoms with Crippen LogP contribution in [0.1, 0.15) is 64.2 Å². The lowest BCUT2D eigenvalue weighted by Gasteiger charge is -2.32. The van der Waals surface area contributed by atoms with Crippen LogP contribution in [0.2, 0.25) is 13.6 Å². The van der Waals surface area contributed by atoms with E-state index >= 15 is 0 Å². The molecule has 2 aromatic heterocycles. The van der Waals surface area contributed by atoms with Gasteiger partial charge in [0.15, 0.2) is 0 Å². The van der Waals surface area contributed by atoms with Crippen LogP contribution in [0.15, 0.2) is 61.1 Å². The highest BCUT2D eigenvalue weighted by atomic mass is 16.5. The third-order valence-corrected chi connectivity index (χ3v) is 11.3. The molecule has 0 saturated carbocycles.